The maximum atomic E-state index is 13.9. The van der Waals surface area contributed by atoms with Crippen molar-refractivity contribution >= 4 is 23.2 Å². The topological polar surface area (TPSA) is 56.0 Å². The number of carbonyl (C=O) groups is 1. The first-order valence-electron chi connectivity index (χ1n) is 5.21. The minimum Gasteiger partial charge on any atom is -0.383 e. The monoisotopic (exact) mass is 264 g/mol. The SMILES string of the molecule is Cc1cccc(C(=O)c2cc(Cl)cnc2N)c1F. The lowest BCUT2D eigenvalue weighted by molar-refractivity contribution is 0.103. The number of pyridine rings is 1. The van der Waals surface area contributed by atoms with Crippen LogP contribution in [-0.2, 0) is 0 Å². The maximum Gasteiger partial charge on any atom is 0.199 e. The zero-order valence-corrected chi connectivity index (χ0v) is 10.3. The summed E-state index contributed by atoms with van der Waals surface area (Å²) in [5.74, 6) is -1.05. The minimum absolute atomic E-state index is 0.0327. The standard InChI is InChI=1S/C13H10ClFN2O/c1-7-3-2-4-9(11(7)15)12(18)10-5-8(14)6-17-13(10)16/h2-6H,1H3,(H2,16,17). The summed E-state index contributed by atoms with van der Waals surface area (Å²) in [5.41, 5.74) is 6.07. The van der Waals surface area contributed by atoms with Crippen LogP contribution in [0.4, 0.5) is 10.2 Å². The van der Waals surface area contributed by atoms with E-state index in [9.17, 15) is 9.18 Å². The molecule has 1 heterocycles. The first-order valence-corrected chi connectivity index (χ1v) is 5.59. The Labute approximate surface area is 108 Å². The van der Waals surface area contributed by atoms with Crippen molar-refractivity contribution in [2.75, 3.05) is 5.73 Å². The molecule has 0 unspecified atom stereocenters. The molecule has 0 spiro atoms. The fourth-order valence-electron chi connectivity index (χ4n) is 1.60. The van der Waals surface area contributed by atoms with Crippen molar-refractivity contribution in [3.8, 4) is 0 Å². The minimum atomic E-state index is -0.554. The number of rotatable bonds is 2. The van der Waals surface area contributed by atoms with Crippen LogP contribution >= 0.6 is 11.6 Å². The molecule has 18 heavy (non-hydrogen) atoms. The van der Waals surface area contributed by atoms with Crippen LogP contribution in [0.15, 0.2) is 30.5 Å². The van der Waals surface area contributed by atoms with E-state index in [2.05, 4.69) is 4.98 Å². The highest BCUT2D eigenvalue weighted by Crippen LogP contribution is 2.21. The van der Waals surface area contributed by atoms with Gasteiger partial charge in [0, 0.05) is 6.20 Å². The normalized spacial score (nSPS) is 10.4. The molecule has 1 aromatic carbocycles. The predicted molar refractivity (Wildman–Crippen MR) is 68.2 cm³/mol. The summed E-state index contributed by atoms with van der Waals surface area (Å²) in [6.07, 6.45) is 1.33. The van der Waals surface area contributed by atoms with E-state index in [4.69, 9.17) is 17.3 Å². The van der Waals surface area contributed by atoms with Crippen molar-refractivity contribution in [2.45, 2.75) is 6.92 Å². The molecular weight excluding hydrogens is 255 g/mol. The van der Waals surface area contributed by atoms with Gasteiger partial charge in [-0.05, 0) is 24.6 Å². The number of carbonyl (C=O) groups excluding carboxylic acids is 1. The molecule has 0 radical (unpaired) electrons. The van der Waals surface area contributed by atoms with Gasteiger partial charge in [0.15, 0.2) is 5.78 Å². The van der Waals surface area contributed by atoms with Crippen LogP contribution < -0.4 is 5.73 Å². The lowest BCUT2D eigenvalue weighted by Crippen LogP contribution is -2.09. The summed E-state index contributed by atoms with van der Waals surface area (Å²) in [6.45, 7) is 1.59. The Bertz CT molecular complexity index is 624. The molecule has 0 bridgehead atoms. The van der Waals surface area contributed by atoms with E-state index in [0.717, 1.165) is 0 Å². The average molecular weight is 265 g/mol. The Balaban J connectivity index is 2.55. The van der Waals surface area contributed by atoms with Gasteiger partial charge in [-0.2, -0.15) is 0 Å². The van der Waals surface area contributed by atoms with Gasteiger partial charge < -0.3 is 5.73 Å². The van der Waals surface area contributed by atoms with Gasteiger partial charge in [0.2, 0.25) is 0 Å². The Kier molecular flexibility index (Phi) is 3.30. The van der Waals surface area contributed by atoms with Gasteiger partial charge in [-0.1, -0.05) is 23.7 Å². The van der Waals surface area contributed by atoms with Gasteiger partial charge in [0.05, 0.1) is 16.1 Å². The Morgan fingerprint density at radius 2 is 2.11 bits per heavy atom. The van der Waals surface area contributed by atoms with E-state index in [0.29, 0.717) is 5.56 Å². The van der Waals surface area contributed by atoms with E-state index in [1.54, 1.807) is 19.1 Å². The fourth-order valence-corrected chi connectivity index (χ4v) is 1.76. The smallest absolute Gasteiger partial charge is 0.199 e. The van der Waals surface area contributed by atoms with Crippen LogP contribution in [0.1, 0.15) is 21.5 Å². The number of aryl methyl sites for hydroxylation is 1. The van der Waals surface area contributed by atoms with E-state index in [1.165, 1.54) is 18.3 Å². The first kappa shape index (κ1) is 12.5. The molecule has 0 aliphatic carbocycles. The lowest BCUT2D eigenvalue weighted by atomic mass is 10.0. The van der Waals surface area contributed by atoms with Gasteiger partial charge in [-0.15, -0.1) is 0 Å². The number of halogens is 2. The molecule has 92 valence electrons. The summed E-state index contributed by atoms with van der Waals surface area (Å²) < 4.78 is 13.9. The number of benzene rings is 1. The highest BCUT2D eigenvalue weighted by molar-refractivity contribution is 6.31. The number of hydrogen-bond donors (Lipinski definition) is 1. The maximum absolute atomic E-state index is 13.9. The molecule has 0 saturated heterocycles. The van der Waals surface area contributed by atoms with Crippen LogP contribution in [0.3, 0.4) is 0 Å². The van der Waals surface area contributed by atoms with Crippen molar-refractivity contribution < 1.29 is 9.18 Å². The number of aromatic nitrogens is 1. The Hall–Kier alpha value is -1.94. The second-order valence-corrected chi connectivity index (χ2v) is 4.29. The summed E-state index contributed by atoms with van der Waals surface area (Å²) in [6, 6.07) is 5.99. The van der Waals surface area contributed by atoms with Crippen LogP contribution in [0.2, 0.25) is 5.02 Å². The third-order valence-corrected chi connectivity index (χ3v) is 2.77. The average Bonchev–Trinajstić information content (AvgIpc) is 2.35. The first-order chi connectivity index (χ1) is 8.50. The largest absolute Gasteiger partial charge is 0.383 e. The molecule has 0 atom stereocenters. The molecular formula is C13H10ClFN2O. The van der Waals surface area contributed by atoms with E-state index in [-0.39, 0.29) is 22.0 Å². The predicted octanol–water partition coefficient (Wildman–Crippen LogP) is 3.00. The number of nitrogen functional groups attached to an aromatic ring is 1. The van der Waals surface area contributed by atoms with Gasteiger partial charge in [0.25, 0.3) is 0 Å². The number of nitrogens with zero attached hydrogens (tertiary/aromatic N) is 1. The van der Waals surface area contributed by atoms with Crippen LogP contribution in [0, 0.1) is 12.7 Å². The molecule has 0 amide bonds. The molecule has 2 N–H and O–H groups in total. The number of nitrogens with two attached hydrogens (primary N) is 1. The molecule has 3 nitrogen and oxygen atoms in total. The van der Waals surface area contributed by atoms with E-state index in [1.807, 2.05) is 0 Å². The van der Waals surface area contributed by atoms with Crippen molar-refractivity contribution in [1.82, 2.24) is 4.98 Å². The number of anilines is 1. The molecule has 0 aliphatic rings. The quantitative estimate of drug-likeness (QED) is 0.849. The van der Waals surface area contributed by atoms with Gasteiger partial charge in [-0.3, -0.25) is 4.79 Å². The van der Waals surface area contributed by atoms with Crippen LogP contribution in [-0.4, -0.2) is 10.8 Å². The summed E-state index contributed by atoms with van der Waals surface area (Å²) in [4.78, 5) is 16.0. The molecule has 1 aromatic heterocycles. The van der Waals surface area contributed by atoms with Crippen LogP contribution in [0.5, 0.6) is 0 Å². The molecule has 0 saturated carbocycles. The summed E-state index contributed by atoms with van der Waals surface area (Å²) in [7, 11) is 0. The van der Waals surface area contributed by atoms with Gasteiger partial charge in [-0.25, -0.2) is 9.37 Å². The zero-order chi connectivity index (χ0) is 13.3. The molecule has 2 aromatic rings. The van der Waals surface area contributed by atoms with E-state index >= 15 is 0 Å². The second kappa shape index (κ2) is 4.74. The molecule has 2 rings (SSSR count). The Morgan fingerprint density at radius 1 is 1.39 bits per heavy atom. The van der Waals surface area contributed by atoms with Gasteiger partial charge >= 0.3 is 0 Å². The summed E-state index contributed by atoms with van der Waals surface area (Å²) >= 11 is 5.76. The molecule has 5 heteroatoms. The highest BCUT2D eigenvalue weighted by atomic mass is 35.5. The zero-order valence-electron chi connectivity index (χ0n) is 9.58. The molecule has 0 aliphatic heterocycles. The third kappa shape index (κ3) is 2.19. The summed E-state index contributed by atoms with van der Waals surface area (Å²) in [5, 5.41) is 0.278. The van der Waals surface area contributed by atoms with Gasteiger partial charge in [0.1, 0.15) is 11.6 Å². The van der Waals surface area contributed by atoms with Crippen LogP contribution in [0.25, 0.3) is 0 Å². The van der Waals surface area contributed by atoms with Crippen molar-refractivity contribution in [1.29, 1.82) is 0 Å². The van der Waals surface area contributed by atoms with Crippen molar-refractivity contribution in [3.05, 3.63) is 58.0 Å². The lowest BCUT2D eigenvalue weighted by Gasteiger charge is -2.07. The number of ketones is 1. The fraction of sp³-hybridized carbons (Fsp3) is 0.0769. The molecule has 0 fully saturated rings. The third-order valence-electron chi connectivity index (χ3n) is 2.57. The highest BCUT2D eigenvalue weighted by Gasteiger charge is 2.18. The second-order valence-electron chi connectivity index (χ2n) is 3.85. The number of hydrogen-bond acceptors (Lipinski definition) is 3. The van der Waals surface area contributed by atoms with Crippen molar-refractivity contribution in [2.24, 2.45) is 0 Å². The Morgan fingerprint density at radius 3 is 2.83 bits per heavy atom. The van der Waals surface area contributed by atoms with E-state index < -0.39 is 11.6 Å². The van der Waals surface area contributed by atoms with Crippen molar-refractivity contribution in [3.63, 3.8) is 0 Å².